The van der Waals surface area contributed by atoms with Gasteiger partial charge in [-0.05, 0) is 36.3 Å². The van der Waals surface area contributed by atoms with Crippen LogP contribution in [0.5, 0.6) is 0 Å². The van der Waals surface area contributed by atoms with Crippen molar-refractivity contribution in [1.29, 1.82) is 0 Å². The lowest BCUT2D eigenvalue weighted by Crippen LogP contribution is -2.09. The zero-order chi connectivity index (χ0) is 19.9. The van der Waals surface area contributed by atoms with Crippen molar-refractivity contribution in [3.63, 3.8) is 0 Å². The third kappa shape index (κ3) is 4.43. The summed E-state index contributed by atoms with van der Waals surface area (Å²) in [6.07, 6.45) is 3.29. The van der Waals surface area contributed by atoms with E-state index < -0.39 is 5.97 Å². The van der Waals surface area contributed by atoms with E-state index in [2.05, 4.69) is 10.3 Å². The van der Waals surface area contributed by atoms with Crippen molar-refractivity contribution in [2.24, 2.45) is 0 Å². The van der Waals surface area contributed by atoms with Gasteiger partial charge in [0.2, 0.25) is 0 Å². The molecule has 0 amide bonds. The average molecular weight is 379 g/mol. The van der Waals surface area contributed by atoms with Gasteiger partial charge in [0.05, 0.1) is 31.5 Å². The SMILES string of the molecule is CCOC(=O)C/C(=C\c1cccc2ccccc12)n1cc(C(=O)OCC)nn1. The van der Waals surface area contributed by atoms with Crippen LogP contribution in [-0.4, -0.2) is 40.1 Å². The summed E-state index contributed by atoms with van der Waals surface area (Å²) in [7, 11) is 0. The van der Waals surface area contributed by atoms with Gasteiger partial charge in [0.1, 0.15) is 0 Å². The predicted molar refractivity (Wildman–Crippen MR) is 105 cm³/mol. The Morgan fingerprint density at radius 2 is 1.79 bits per heavy atom. The molecule has 7 heteroatoms. The largest absolute Gasteiger partial charge is 0.466 e. The van der Waals surface area contributed by atoms with Gasteiger partial charge in [-0.3, -0.25) is 4.79 Å². The van der Waals surface area contributed by atoms with Crippen LogP contribution in [-0.2, 0) is 14.3 Å². The van der Waals surface area contributed by atoms with Crippen molar-refractivity contribution in [2.75, 3.05) is 13.2 Å². The van der Waals surface area contributed by atoms with E-state index >= 15 is 0 Å². The Kier molecular flexibility index (Phi) is 6.16. The number of benzene rings is 2. The maximum atomic E-state index is 12.1. The van der Waals surface area contributed by atoms with Crippen LogP contribution in [0.4, 0.5) is 0 Å². The van der Waals surface area contributed by atoms with Crippen LogP contribution in [0.15, 0.2) is 48.7 Å². The number of aromatic nitrogens is 3. The zero-order valence-corrected chi connectivity index (χ0v) is 15.8. The van der Waals surface area contributed by atoms with Gasteiger partial charge in [-0.2, -0.15) is 0 Å². The normalized spacial score (nSPS) is 11.4. The van der Waals surface area contributed by atoms with Crippen LogP contribution in [0.2, 0.25) is 0 Å². The third-order valence-corrected chi connectivity index (χ3v) is 4.05. The second-order valence-electron chi connectivity index (χ2n) is 5.95. The molecule has 0 radical (unpaired) electrons. The monoisotopic (exact) mass is 379 g/mol. The van der Waals surface area contributed by atoms with Crippen LogP contribution < -0.4 is 0 Å². The molecule has 0 aliphatic heterocycles. The first-order chi connectivity index (χ1) is 13.6. The molecule has 0 bridgehead atoms. The quantitative estimate of drug-likeness (QED) is 0.584. The molecule has 1 heterocycles. The summed E-state index contributed by atoms with van der Waals surface area (Å²) in [5, 5.41) is 9.98. The molecule has 0 fully saturated rings. The number of esters is 2. The van der Waals surface area contributed by atoms with Crippen molar-refractivity contribution in [2.45, 2.75) is 20.3 Å². The van der Waals surface area contributed by atoms with Crippen LogP contribution in [0.25, 0.3) is 22.5 Å². The fraction of sp³-hybridized carbons (Fsp3) is 0.238. The van der Waals surface area contributed by atoms with Crippen molar-refractivity contribution in [1.82, 2.24) is 15.0 Å². The molecule has 0 aliphatic rings. The molecule has 0 saturated carbocycles. The highest BCUT2D eigenvalue weighted by molar-refractivity contribution is 5.95. The number of rotatable bonds is 7. The predicted octanol–water partition coefficient (Wildman–Crippen LogP) is 3.56. The maximum absolute atomic E-state index is 12.1. The van der Waals surface area contributed by atoms with E-state index in [9.17, 15) is 9.59 Å². The van der Waals surface area contributed by atoms with Crippen molar-refractivity contribution in [3.8, 4) is 0 Å². The van der Waals surface area contributed by atoms with E-state index in [0.717, 1.165) is 16.3 Å². The molecule has 7 nitrogen and oxygen atoms in total. The van der Waals surface area contributed by atoms with Crippen molar-refractivity contribution in [3.05, 3.63) is 59.9 Å². The number of hydrogen-bond donors (Lipinski definition) is 0. The van der Waals surface area contributed by atoms with Gasteiger partial charge in [-0.15, -0.1) is 5.10 Å². The highest BCUT2D eigenvalue weighted by Crippen LogP contribution is 2.23. The Hall–Kier alpha value is -3.48. The highest BCUT2D eigenvalue weighted by Gasteiger charge is 2.16. The van der Waals surface area contributed by atoms with Crippen molar-refractivity contribution < 1.29 is 19.1 Å². The van der Waals surface area contributed by atoms with Gasteiger partial charge >= 0.3 is 11.9 Å². The second kappa shape index (κ2) is 8.94. The Morgan fingerprint density at radius 3 is 2.57 bits per heavy atom. The zero-order valence-electron chi connectivity index (χ0n) is 15.8. The van der Waals surface area contributed by atoms with E-state index in [0.29, 0.717) is 5.70 Å². The first-order valence-electron chi connectivity index (χ1n) is 9.06. The highest BCUT2D eigenvalue weighted by atomic mass is 16.5. The fourth-order valence-electron chi connectivity index (χ4n) is 2.82. The lowest BCUT2D eigenvalue weighted by atomic mass is 10.0. The summed E-state index contributed by atoms with van der Waals surface area (Å²) in [6, 6.07) is 13.9. The van der Waals surface area contributed by atoms with Gasteiger partial charge in [0, 0.05) is 0 Å². The topological polar surface area (TPSA) is 83.3 Å². The number of carbonyl (C=O) groups is 2. The third-order valence-electron chi connectivity index (χ3n) is 4.05. The summed E-state index contributed by atoms with van der Waals surface area (Å²) < 4.78 is 11.4. The lowest BCUT2D eigenvalue weighted by molar-refractivity contribution is -0.141. The Labute approximate surface area is 162 Å². The lowest BCUT2D eigenvalue weighted by Gasteiger charge is -2.09. The molecule has 3 aromatic rings. The summed E-state index contributed by atoms with van der Waals surface area (Å²) in [4.78, 5) is 24.0. The van der Waals surface area contributed by atoms with Crippen LogP contribution in [0.3, 0.4) is 0 Å². The maximum Gasteiger partial charge on any atom is 0.360 e. The van der Waals surface area contributed by atoms with E-state index in [1.165, 1.54) is 10.9 Å². The number of nitrogens with zero attached hydrogens (tertiary/aromatic N) is 3. The van der Waals surface area contributed by atoms with Gasteiger partial charge < -0.3 is 9.47 Å². The molecule has 0 aliphatic carbocycles. The Balaban J connectivity index is 2.03. The van der Waals surface area contributed by atoms with E-state index in [1.807, 2.05) is 48.5 Å². The van der Waals surface area contributed by atoms with Crippen molar-refractivity contribution >= 4 is 34.5 Å². The average Bonchev–Trinajstić information content (AvgIpc) is 3.18. The summed E-state index contributed by atoms with van der Waals surface area (Å²) >= 11 is 0. The standard InChI is InChI=1S/C21H21N3O4/c1-3-27-20(25)13-17(24-14-19(22-23-24)21(26)28-4-2)12-16-10-7-9-15-8-5-6-11-18(15)16/h5-12,14H,3-4,13H2,1-2H3/b17-12+. The molecule has 0 atom stereocenters. The van der Waals surface area contributed by atoms with Crippen LogP contribution >= 0.6 is 0 Å². The van der Waals surface area contributed by atoms with E-state index in [1.54, 1.807) is 13.8 Å². The molecule has 2 aromatic carbocycles. The molecule has 0 saturated heterocycles. The summed E-state index contributed by atoms with van der Waals surface area (Å²) in [6.45, 7) is 3.99. The number of ether oxygens (including phenoxy) is 2. The molecular formula is C21H21N3O4. The minimum absolute atomic E-state index is 0.0112. The van der Waals surface area contributed by atoms with E-state index in [4.69, 9.17) is 9.47 Å². The van der Waals surface area contributed by atoms with Gasteiger partial charge in [0.15, 0.2) is 5.69 Å². The number of hydrogen-bond acceptors (Lipinski definition) is 6. The van der Waals surface area contributed by atoms with Gasteiger partial charge in [-0.1, -0.05) is 47.7 Å². The smallest absolute Gasteiger partial charge is 0.360 e. The molecule has 0 spiro atoms. The number of fused-ring (bicyclic) bond motifs is 1. The molecule has 1 aromatic heterocycles. The number of carbonyl (C=O) groups excluding carboxylic acids is 2. The molecular weight excluding hydrogens is 358 g/mol. The van der Waals surface area contributed by atoms with Crippen LogP contribution in [0, 0.1) is 0 Å². The van der Waals surface area contributed by atoms with Gasteiger partial charge in [0.25, 0.3) is 0 Å². The second-order valence-corrected chi connectivity index (χ2v) is 5.95. The first-order valence-corrected chi connectivity index (χ1v) is 9.06. The first kappa shape index (κ1) is 19.3. The minimum atomic E-state index is -0.561. The molecule has 144 valence electrons. The Morgan fingerprint density at radius 1 is 1.04 bits per heavy atom. The summed E-state index contributed by atoms with van der Waals surface area (Å²) in [5.74, 6) is -0.948. The summed E-state index contributed by atoms with van der Waals surface area (Å²) in [5.41, 5.74) is 1.54. The minimum Gasteiger partial charge on any atom is -0.466 e. The van der Waals surface area contributed by atoms with Crippen LogP contribution in [0.1, 0.15) is 36.3 Å². The molecule has 0 N–H and O–H groups in total. The molecule has 28 heavy (non-hydrogen) atoms. The van der Waals surface area contributed by atoms with E-state index in [-0.39, 0.29) is 31.3 Å². The Bertz CT molecular complexity index is 1020. The fourth-order valence-corrected chi connectivity index (χ4v) is 2.82. The van der Waals surface area contributed by atoms with Gasteiger partial charge in [-0.25, -0.2) is 9.48 Å². The molecule has 3 rings (SSSR count). The molecule has 0 unspecified atom stereocenters.